The Morgan fingerprint density at radius 3 is 2.32 bits per heavy atom. The second-order valence-corrected chi connectivity index (χ2v) is 7.05. The summed E-state index contributed by atoms with van der Waals surface area (Å²) in [5, 5.41) is 9.63. The monoisotopic (exact) mass is 286 g/mol. The van der Waals surface area contributed by atoms with E-state index in [0.717, 1.165) is 0 Å². The lowest BCUT2D eigenvalue weighted by Crippen LogP contribution is -2.51. The smallest absolute Gasteiger partial charge is 0.241 e. The Morgan fingerprint density at radius 1 is 1.32 bits per heavy atom. The van der Waals surface area contributed by atoms with Gasteiger partial charge in [-0.2, -0.15) is 0 Å². The lowest BCUT2D eigenvalue weighted by Gasteiger charge is -2.29. The van der Waals surface area contributed by atoms with Crippen molar-refractivity contribution in [1.29, 1.82) is 0 Å². The molecule has 1 aromatic carbocycles. The van der Waals surface area contributed by atoms with Crippen molar-refractivity contribution in [2.45, 2.75) is 51.2 Å². The van der Waals surface area contributed by atoms with Crippen molar-refractivity contribution in [2.24, 2.45) is 0 Å². The molecule has 0 amide bonds. The number of nitrogens with two attached hydrogens (primary N) is 1. The van der Waals surface area contributed by atoms with Crippen LogP contribution in [-0.4, -0.2) is 25.2 Å². The standard InChI is InChI=1S/C13H22N2O3S/c1-8-6-7-11(14)9(2)12(8)19(17,18)15-13(4,5)10(3)16/h6-7,10,15-16H,14H2,1-5H3. The lowest BCUT2D eigenvalue weighted by atomic mass is 10.0. The number of nitrogen functional groups attached to an aromatic ring is 1. The molecule has 1 rings (SSSR count). The summed E-state index contributed by atoms with van der Waals surface area (Å²) in [4.78, 5) is 0.182. The van der Waals surface area contributed by atoms with Gasteiger partial charge in [0.15, 0.2) is 0 Å². The quantitative estimate of drug-likeness (QED) is 0.728. The van der Waals surface area contributed by atoms with Gasteiger partial charge in [0.2, 0.25) is 10.0 Å². The summed E-state index contributed by atoms with van der Waals surface area (Å²) in [6.45, 7) is 8.20. The van der Waals surface area contributed by atoms with Crippen LogP contribution in [0, 0.1) is 13.8 Å². The SMILES string of the molecule is Cc1ccc(N)c(C)c1S(=O)(=O)NC(C)(C)C(C)O. The summed E-state index contributed by atoms with van der Waals surface area (Å²) >= 11 is 0. The Labute approximate surface area is 114 Å². The van der Waals surface area contributed by atoms with Gasteiger partial charge in [-0.1, -0.05) is 6.07 Å². The summed E-state index contributed by atoms with van der Waals surface area (Å²) in [5.41, 5.74) is 6.39. The number of aliphatic hydroxyl groups excluding tert-OH is 1. The molecule has 1 aromatic rings. The Hall–Kier alpha value is -1.11. The van der Waals surface area contributed by atoms with Crippen molar-refractivity contribution in [3.8, 4) is 0 Å². The third kappa shape index (κ3) is 3.26. The normalized spacial score (nSPS) is 14.4. The Morgan fingerprint density at radius 2 is 1.84 bits per heavy atom. The largest absolute Gasteiger partial charge is 0.398 e. The van der Waals surface area contributed by atoms with Gasteiger partial charge in [-0.25, -0.2) is 13.1 Å². The first-order valence-electron chi connectivity index (χ1n) is 6.07. The van der Waals surface area contributed by atoms with E-state index in [-0.39, 0.29) is 4.90 Å². The van der Waals surface area contributed by atoms with Crippen molar-refractivity contribution in [2.75, 3.05) is 5.73 Å². The average molecular weight is 286 g/mol. The predicted molar refractivity (Wildman–Crippen MR) is 76.4 cm³/mol. The van der Waals surface area contributed by atoms with Crippen LogP contribution in [0.5, 0.6) is 0 Å². The van der Waals surface area contributed by atoms with Crippen LogP contribution < -0.4 is 10.5 Å². The van der Waals surface area contributed by atoms with Crippen molar-refractivity contribution >= 4 is 15.7 Å². The first kappa shape index (κ1) is 15.9. The molecule has 6 heteroatoms. The van der Waals surface area contributed by atoms with Gasteiger partial charge in [-0.3, -0.25) is 0 Å². The van der Waals surface area contributed by atoms with E-state index in [1.807, 2.05) is 0 Å². The highest BCUT2D eigenvalue weighted by molar-refractivity contribution is 7.89. The number of rotatable bonds is 4. The van der Waals surface area contributed by atoms with Gasteiger partial charge >= 0.3 is 0 Å². The van der Waals surface area contributed by atoms with Crippen LogP contribution in [0.4, 0.5) is 5.69 Å². The topological polar surface area (TPSA) is 92.4 Å². The number of sulfonamides is 1. The molecule has 0 aliphatic carbocycles. The zero-order chi connectivity index (χ0) is 15.0. The predicted octanol–water partition coefficient (Wildman–Crippen LogP) is 1.32. The number of hydrogen-bond acceptors (Lipinski definition) is 4. The molecule has 4 N–H and O–H groups in total. The van der Waals surface area contributed by atoms with E-state index < -0.39 is 21.7 Å². The first-order chi connectivity index (χ1) is 8.49. The van der Waals surface area contributed by atoms with E-state index >= 15 is 0 Å². The Balaban J connectivity index is 3.34. The van der Waals surface area contributed by atoms with Crippen LogP contribution in [0.1, 0.15) is 31.9 Å². The van der Waals surface area contributed by atoms with Gasteiger partial charge < -0.3 is 10.8 Å². The fourth-order valence-corrected chi connectivity index (χ4v) is 3.72. The molecule has 1 atom stereocenters. The van der Waals surface area contributed by atoms with E-state index in [1.54, 1.807) is 46.8 Å². The zero-order valence-electron chi connectivity index (χ0n) is 12.0. The minimum Gasteiger partial charge on any atom is -0.398 e. The van der Waals surface area contributed by atoms with Crippen LogP contribution in [0.2, 0.25) is 0 Å². The highest BCUT2D eigenvalue weighted by atomic mass is 32.2. The van der Waals surface area contributed by atoms with Crippen LogP contribution in [0.3, 0.4) is 0 Å². The van der Waals surface area contributed by atoms with Gasteiger partial charge in [0, 0.05) is 5.69 Å². The number of nitrogens with one attached hydrogen (secondary N) is 1. The molecule has 0 radical (unpaired) electrons. The third-order valence-electron chi connectivity index (χ3n) is 3.36. The van der Waals surface area contributed by atoms with E-state index in [2.05, 4.69) is 4.72 Å². The van der Waals surface area contributed by atoms with E-state index in [9.17, 15) is 13.5 Å². The highest BCUT2D eigenvalue weighted by Crippen LogP contribution is 2.26. The van der Waals surface area contributed by atoms with Gasteiger partial charge in [0.25, 0.3) is 0 Å². The minimum atomic E-state index is -3.74. The summed E-state index contributed by atoms with van der Waals surface area (Å²) in [6, 6.07) is 3.36. The number of benzene rings is 1. The molecule has 0 heterocycles. The van der Waals surface area contributed by atoms with E-state index in [4.69, 9.17) is 5.73 Å². The molecule has 0 fully saturated rings. The molecule has 5 nitrogen and oxygen atoms in total. The third-order valence-corrected chi connectivity index (χ3v) is 5.32. The molecular formula is C13H22N2O3S. The molecule has 0 bridgehead atoms. The summed E-state index contributed by atoms with van der Waals surface area (Å²) < 4.78 is 27.5. The summed E-state index contributed by atoms with van der Waals surface area (Å²) in [7, 11) is -3.74. The van der Waals surface area contributed by atoms with Gasteiger partial charge in [0.05, 0.1) is 16.5 Å². The summed E-state index contributed by atoms with van der Waals surface area (Å²) in [6.07, 6.45) is -0.816. The number of anilines is 1. The maximum Gasteiger partial charge on any atom is 0.241 e. The van der Waals surface area contributed by atoms with E-state index in [0.29, 0.717) is 16.8 Å². The fourth-order valence-electron chi connectivity index (χ4n) is 1.74. The van der Waals surface area contributed by atoms with Gasteiger partial charge in [-0.05, 0) is 51.8 Å². The number of hydrogen-bond donors (Lipinski definition) is 3. The molecule has 0 saturated carbocycles. The average Bonchev–Trinajstić information content (AvgIpc) is 2.22. The Bertz CT molecular complexity index is 578. The van der Waals surface area contributed by atoms with Crippen molar-refractivity contribution < 1.29 is 13.5 Å². The molecule has 0 saturated heterocycles. The van der Waals surface area contributed by atoms with Crippen molar-refractivity contribution in [3.05, 3.63) is 23.3 Å². The number of aliphatic hydroxyl groups is 1. The molecule has 108 valence electrons. The van der Waals surface area contributed by atoms with Crippen molar-refractivity contribution in [1.82, 2.24) is 4.72 Å². The van der Waals surface area contributed by atoms with Crippen LogP contribution in [0.15, 0.2) is 17.0 Å². The molecule has 19 heavy (non-hydrogen) atoms. The second-order valence-electron chi connectivity index (χ2n) is 5.43. The van der Waals surface area contributed by atoms with Crippen LogP contribution in [-0.2, 0) is 10.0 Å². The van der Waals surface area contributed by atoms with Gasteiger partial charge in [-0.15, -0.1) is 0 Å². The Kier molecular flexibility index (Phi) is 4.29. The molecule has 0 aliphatic heterocycles. The zero-order valence-corrected chi connectivity index (χ0v) is 12.8. The molecule has 0 aromatic heterocycles. The second kappa shape index (κ2) is 5.11. The molecular weight excluding hydrogens is 264 g/mol. The van der Waals surface area contributed by atoms with Crippen molar-refractivity contribution in [3.63, 3.8) is 0 Å². The first-order valence-corrected chi connectivity index (χ1v) is 7.55. The minimum absolute atomic E-state index is 0.182. The maximum atomic E-state index is 12.5. The lowest BCUT2D eigenvalue weighted by molar-refractivity contribution is 0.111. The number of aryl methyl sites for hydroxylation is 1. The maximum absolute atomic E-state index is 12.5. The molecule has 0 spiro atoms. The molecule has 0 aliphatic rings. The van der Waals surface area contributed by atoms with Crippen LogP contribution >= 0.6 is 0 Å². The van der Waals surface area contributed by atoms with Gasteiger partial charge in [0.1, 0.15) is 0 Å². The molecule has 1 unspecified atom stereocenters. The highest BCUT2D eigenvalue weighted by Gasteiger charge is 2.32. The van der Waals surface area contributed by atoms with E-state index in [1.165, 1.54) is 0 Å². The fraction of sp³-hybridized carbons (Fsp3) is 0.538. The van der Waals surface area contributed by atoms with Crippen LogP contribution in [0.25, 0.3) is 0 Å². The summed E-state index contributed by atoms with van der Waals surface area (Å²) in [5.74, 6) is 0.